The second-order valence-corrected chi connectivity index (χ2v) is 10.0. The Morgan fingerprint density at radius 2 is 1.86 bits per heavy atom. The average Bonchev–Trinajstić information content (AvgIpc) is 3.39. The summed E-state index contributed by atoms with van der Waals surface area (Å²) in [4.78, 5) is 13.0. The first kappa shape index (κ1) is 24.1. The molecule has 0 aliphatic carbocycles. The Bertz CT molecular complexity index is 1690. The van der Waals surface area contributed by atoms with Gasteiger partial charge < -0.3 is 9.63 Å². The lowest BCUT2D eigenvalue weighted by Gasteiger charge is -2.18. The molecule has 3 heterocycles. The molecule has 2 N–H and O–H groups in total. The van der Waals surface area contributed by atoms with Crippen molar-refractivity contribution in [2.24, 2.45) is 0 Å². The van der Waals surface area contributed by atoms with E-state index in [1.807, 2.05) is 0 Å². The van der Waals surface area contributed by atoms with Gasteiger partial charge >= 0.3 is 11.6 Å². The number of nitrogens with zero attached hydrogens (tertiary/aromatic N) is 3. The quantitative estimate of drug-likeness (QED) is 0.383. The summed E-state index contributed by atoms with van der Waals surface area (Å²) in [5, 5.41) is 13.1. The molecule has 9 nitrogen and oxygen atoms in total. The normalized spacial score (nSPS) is 17.1. The molecular formula is C21H15F5N4O5S. The number of halogens is 5. The number of hydrogen-bond donors (Lipinski definition) is 2. The summed E-state index contributed by atoms with van der Waals surface area (Å²) in [6.45, 7) is -1.27. The molecule has 0 saturated carbocycles. The maximum absolute atomic E-state index is 15.0. The van der Waals surface area contributed by atoms with Gasteiger partial charge in [-0.1, -0.05) is 5.16 Å². The summed E-state index contributed by atoms with van der Waals surface area (Å²) in [6.07, 6.45) is 1.43. The zero-order valence-electron chi connectivity index (χ0n) is 18.1. The Labute approximate surface area is 198 Å². The molecule has 190 valence electrons. The number of rotatable bonds is 5. The minimum absolute atomic E-state index is 0.135. The van der Waals surface area contributed by atoms with Gasteiger partial charge in [0.15, 0.2) is 11.4 Å². The van der Waals surface area contributed by atoms with Crippen molar-refractivity contribution in [3.05, 3.63) is 69.7 Å². The SMILES string of the molecule is CS(=O)(=O)N[C@@H]1Cn2c(cn(-c3noc4cc(CO)cc(-c5c(F)cc(F)cc5F)c34)c2=O)C1(F)F. The number of sulfonamides is 1. The van der Waals surface area contributed by atoms with E-state index in [0.717, 1.165) is 12.3 Å². The molecule has 1 atom stereocenters. The third-order valence-corrected chi connectivity index (χ3v) is 6.50. The molecule has 2 aromatic carbocycles. The fraction of sp³-hybridized carbons (Fsp3) is 0.238. The van der Waals surface area contributed by atoms with E-state index in [4.69, 9.17) is 4.52 Å². The fourth-order valence-corrected chi connectivity index (χ4v) is 5.02. The number of imidazole rings is 1. The number of alkyl halides is 2. The Morgan fingerprint density at radius 1 is 1.19 bits per heavy atom. The van der Waals surface area contributed by atoms with Crippen LogP contribution in [-0.2, 0) is 29.1 Å². The minimum Gasteiger partial charge on any atom is -0.392 e. The number of nitrogens with one attached hydrogen (secondary N) is 1. The topological polar surface area (TPSA) is 119 Å². The van der Waals surface area contributed by atoms with Crippen LogP contribution < -0.4 is 10.4 Å². The Hall–Kier alpha value is -3.56. The molecule has 0 saturated heterocycles. The molecule has 0 unspecified atom stereocenters. The molecule has 0 amide bonds. The van der Waals surface area contributed by atoms with E-state index in [1.165, 1.54) is 6.07 Å². The summed E-state index contributed by atoms with van der Waals surface area (Å²) >= 11 is 0. The molecule has 0 radical (unpaired) electrons. The summed E-state index contributed by atoms with van der Waals surface area (Å²) < 4.78 is 104. The van der Waals surface area contributed by atoms with Crippen molar-refractivity contribution in [1.29, 1.82) is 0 Å². The summed E-state index contributed by atoms with van der Waals surface area (Å²) in [5.41, 5.74) is -2.87. The molecule has 5 rings (SSSR count). The first-order valence-electron chi connectivity index (χ1n) is 10.2. The summed E-state index contributed by atoms with van der Waals surface area (Å²) in [5.74, 6) is -7.97. The van der Waals surface area contributed by atoms with E-state index < -0.39 is 75.4 Å². The van der Waals surface area contributed by atoms with Gasteiger partial charge in [-0.3, -0.25) is 4.57 Å². The van der Waals surface area contributed by atoms with Crippen LogP contribution >= 0.6 is 0 Å². The van der Waals surface area contributed by atoms with Gasteiger partial charge in [0.1, 0.15) is 29.2 Å². The van der Waals surface area contributed by atoms with Crippen molar-refractivity contribution in [3.8, 4) is 16.9 Å². The zero-order chi connectivity index (χ0) is 26.2. The first-order valence-corrected chi connectivity index (χ1v) is 12.1. The molecule has 2 aromatic heterocycles. The van der Waals surface area contributed by atoms with E-state index in [2.05, 4.69) is 5.16 Å². The maximum atomic E-state index is 15.0. The predicted molar refractivity (Wildman–Crippen MR) is 114 cm³/mol. The van der Waals surface area contributed by atoms with Crippen LogP contribution in [0.5, 0.6) is 0 Å². The lowest BCUT2D eigenvalue weighted by atomic mass is 9.97. The van der Waals surface area contributed by atoms with Crippen molar-refractivity contribution in [2.45, 2.75) is 25.1 Å². The van der Waals surface area contributed by atoms with Crippen LogP contribution in [0.25, 0.3) is 27.9 Å². The lowest BCUT2D eigenvalue weighted by molar-refractivity contribution is -0.0248. The van der Waals surface area contributed by atoms with Crippen molar-refractivity contribution in [2.75, 3.05) is 6.26 Å². The standard InChI is InChI=1S/C21H15F5N4O5S/c1-36(33,34)28-15-6-29-16(21(15,25)26)7-30(20(29)32)19-18-11(2-9(8-31)3-14(18)35-27-19)17-12(23)4-10(22)5-13(17)24/h2-5,7,15,28,31H,6,8H2,1H3/t15-/m1/s1. The molecule has 1 aliphatic heterocycles. The van der Waals surface area contributed by atoms with Crippen LogP contribution in [0.1, 0.15) is 11.3 Å². The Balaban J connectivity index is 1.74. The monoisotopic (exact) mass is 530 g/mol. The van der Waals surface area contributed by atoms with Crippen molar-refractivity contribution in [3.63, 3.8) is 0 Å². The molecule has 36 heavy (non-hydrogen) atoms. The predicted octanol–water partition coefficient (Wildman–Crippen LogP) is 2.38. The molecule has 4 aromatic rings. The maximum Gasteiger partial charge on any atom is 0.334 e. The first-order chi connectivity index (χ1) is 16.8. The summed E-state index contributed by atoms with van der Waals surface area (Å²) in [7, 11) is -4.02. The highest BCUT2D eigenvalue weighted by Gasteiger charge is 2.52. The van der Waals surface area contributed by atoms with E-state index in [1.54, 1.807) is 4.72 Å². The number of aromatic nitrogens is 3. The smallest absolute Gasteiger partial charge is 0.334 e. The molecule has 0 spiro atoms. The zero-order valence-corrected chi connectivity index (χ0v) is 18.9. The number of fused-ring (bicyclic) bond motifs is 2. The van der Waals surface area contributed by atoms with Crippen LogP contribution in [0.4, 0.5) is 22.0 Å². The van der Waals surface area contributed by atoms with Crippen molar-refractivity contribution < 1.29 is 40.0 Å². The fourth-order valence-electron chi connectivity index (χ4n) is 4.29. The third-order valence-electron chi connectivity index (χ3n) is 5.78. The number of aliphatic hydroxyl groups excluding tert-OH is 1. The highest BCUT2D eigenvalue weighted by Crippen LogP contribution is 2.40. The van der Waals surface area contributed by atoms with Gasteiger partial charge in [0.05, 0.1) is 30.4 Å². The van der Waals surface area contributed by atoms with E-state index in [-0.39, 0.29) is 22.1 Å². The minimum atomic E-state index is -4.02. The van der Waals surface area contributed by atoms with Crippen LogP contribution in [-0.4, -0.2) is 40.1 Å². The lowest BCUT2D eigenvalue weighted by Crippen LogP contribution is -2.44. The third kappa shape index (κ3) is 3.70. The molecular weight excluding hydrogens is 515 g/mol. The largest absolute Gasteiger partial charge is 0.392 e. The van der Waals surface area contributed by atoms with Gasteiger partial charge in [0.25, 0.3) is 0 Å². The van der Waals surface area contributed by atoms with Crippen LogP contribution in [0.2, 0.25) is 0 Å². The molecule has 15 heteroatoms. The van der Waals surface area contributed by atoms with E-state index in [0.29, 0.717) is 27.5 Å². The van der Waals surface area contributed by atoms with E-state index in [9.17, 15) is 40.3 Å². The molecule has 1 aliphatic rings. The van der Waals surface area contributed by atoms with E-state index >= 15 is 0 Å². The van der Waals surface area contributed by atoms with Gasteiger partial charge in [-0.05, 0) is 17.7 Å². The Morgan fingerprint density at radius 3 is 2.44 bits per heavy atom. The van der Waals surface area contributed by atoms with Gasteiger partial charge in [0, 0.05) is 23.9 Å². The van der Waals surface area contributed by atoms with Gasteiger partial charge in [-0.25, -0.2) is 35.7 Å². The van der Waals surface area contributed by atoms with Gasteiger partial charge in [0.2, 0.25) is 10.0 Å². The number of aliphatic hydroxyl groups is 1. The van der Waals surface area contributed by atoms with Crippen molar-refractivity contribution in [1.82, 2.24) is 19.0 Å². The van der Waals surface area contributed by atoms with Crippen LogP contribution in [0.15, 0.2) is 39.8 Å². The van der Waals surface area contributed by atoms with Gasteiger partial charge in [-0.15, -0.1) is 0 Å². The summed E-state index contributed by atoms with van der Waals surface area (Å²) in [6, 6.07) is 1.38. The number of benzene rings is 2. The number of hydrogen-bond acceptors (Lipinski definition) is 6. The highest BCUT2D eigenvalue weighted by atomic mass is 32.2. The van der Waals surface area contributed by atoms with Crippen LogP contribution in [0, 0.1) is 17.5 Å². The Kier molecular flexibility index (Phi) is 5.35. The molecule has 0 bridgehead atoms. The highest BCUT2D eigenvalue weighted by molar-refractivity contribution is 7.88. The second-order valence-electron chi connectivity index (χ2n) is 8.27. The second kappa shape index (κ2) is 7.97. The average molecular weight is 530 g/mol. The molecule has 0 fully saturated rings. The van der Waals surface area contributed by atoms with Gasteiger partial charge in [-0.2, -0.15) is 8.78 Å². The van der Waals surface area contributed by atoms with Crippen molar-refractivity contribution >= 4 is 21.0 Å². The van der Waals surface area contributed by atoms with Crippen LogP contribution in [0.3, 0.4) is 0 Å².